The van der Waals surface area contributed by atoms with E-state index in [2.05, 4.69) is 0 Å². The van der Waals surface area contributed by atoms with E-state index < -0.39 is 11.9 Å². The van der Waals surface area contributed by atoms with Crippen LogP contribution in [0.1, 0.15) is 28.3 Å². The molecule has 1 aliphatic rings. The van der Waals surface area contributed by atoms with Crippen molar-refractivity contribution in [2.45, 2.75) is 12.3 Å². The minimum atomic E-state index is -0.830. The van der Waals surface area contributed by atoms with Crippen LogP contribution < -0.4 is 0 Å². The number of piperidine rings is 1. The Hall–Kier alpha value is -2.14. The summed E-state index contributed by atoms with van der Waals surface area (Å²) >= 11 is 1.47. The Bertz CT molecular complexity index is 654. The van der Waals surface area contributed by atoms with Crippen LogP contribution in [-0.4, -0.2) is 35.0 Å². The maximum atomic E-state index is 12.5. The molecule has 1 aromatic carbocycles. The first kappa shape index (κ1) is 14.8. The van der Waals surface area contributed by atoms with Gasteiger partial charge in [-0.2, -0.15) is 11.3 Å². The maximum absolute atomic E-state index is 12.5. The smallest absolute Gasteiger partial charge is 0.308 e. The minimum Gasteiger partial charge on any atom is -0.481 e. The van der Waals surface area contributed by atoms with Crippen LogP contribution in [0.2, 0.25) is 0 Å². The van der Waals surface area contributed by atoms with E-state index in [1.807, 2.05) is 41.1 Å². The van der Waals surface area contributed by atoms with Crippen LogP contribution in [0.4, 0.5) is 0 Å². The molecule has 5 heteroatoms. The van der Waals surface area contributed by atoms with Crippen LogP contribution >= 0.6 is 11.3 Å². The van der Waals surface area contributed by atoms with Gasteiger partial charge in [-0.05, 0) is 23.4 Å². The van der Waals surface area contributed by atoms with Crippen molar-refractivity contribution in [2.75, 3.05) is 13.1 Å². The lowest BCUT2D eigenvalue weighted by Gasteiger charge is -2.36. The fourth-order valence-electron chi connectivity index (χ4n) is 2.98. The number of carbonyl (C=O) groups is 2. The van der Waals surface area contributed by atoms with Gasteiger partial charge >= 0.3 is 5.97 Å². The van der Waals surface area contributed by atoms with Crippen LogP contribution in [0.3, 0.4) is 0 Å². The second-order valence-corrected chi connectivity index (χ2v) is 6.38. The van der Waals surface area contributed by atoms with Crippen molar-refractivity contribution in [3.05, 3.63) is 58.3 Å². The predicted octanol–water partition coefficient (Wildman–Crippen LogP) is 3.08. The van der Waals surface area contributed by atoms with E-state index in [-0.39, 0.29) is 18.4 Å². The van der Waals surface area contributed by atoms with Gasteiger partial charge in [0.05, 0.1) is 11.5 Å². The SMILES string of the molecule is O=C(O)[C@@H]1C[C@H](c2ccccc2)CN(C(=O)c2ccsc2)C1. The molecule has 114 valence electrons. The van der Waals surface area contributed by atoms with Crippen molar-refractivity contribution in [1.29, 1.82) is 0 Å². The molecule has 3 rings (SSSR count). The lowest BCUT2D eigenvalue weighted by molar-refractivity contribution is -0.143. The van der Waals surface area contributed by atoms with E-state index in [1.54, 1.807) is 11.0 Å². The highest BCUT2D eigenvalue weighted by Gasteiger charge is 2.34. The molecule has 0 radical (unpaired) electrons. The van der Waals surface area contributed by atoms with Crippen molar-refractivity contribution in [3.63, 3.8) is 0 Å². The summed E-state index contributed by atoms with van der Waals surface area (Å²) in [5.41, 5.74) is 1.74. The van der Waals surface area contributed by atoms with Gasteiger partial charge in [-0.1, -0.05) is 30.3 Å². The lowest BCUT2D eigenvalue weighted by atomic mass is 9.84. The quantitative estimate of drug-likeness (QED) is 0.947. The van der Waals surface area contributed by atoms with Crippen molar-refractivity contribution >= 4 is 23.2 Å². The molecule has 22 heavy (non-hydrogen) atoms. The first-order chi connectivity index (χ1) is 10.6. The van der Waals surface area contributed by atoms with Crippen LogP contribution in [0.5, 0.6) is 0 Å². The summed E-state index contributed by atoms with van der Waals surface area (Å²) in [6.07, 6.45) is 0.576. The van der Waals surface area contributed by atoms with Crippen molar-refractivity contribution in [3.8, 4) is 0 Å². The first-order valence-corrected chi connectivity index (χ1v) is 8.18. The Morgan fingerprint density at radius 1 is 1.14 bits per heavy atom. The third-order valence-electron chi connectivity index (χ3n) is 4.13. The van der Waals surface area contributed by atoms with E-state index in [0.717, 1.165) is 5.56 Å². The second-order valence-electron chi connectivity index (χ2n) is 5.60. The fraction of sp³-hybridized carbons (Fsp3) is 0.294. The van der Waals surface area contributed by atoms with Gasteiger partial charge in [0, 0.05) is 24.4 Å². The number of carboxylic acid groups (broad SMARTS) is 1. The number of thiophene rings is 1. The molecule has 1 saturated heterocycles. The Morgan fingerprint density at radius 2 is 1.91 bits per heavy atom. The number of carbonyl (C=O) groups excluding carboxylic acids is 1. The van der Waals surface area contributed by atoms with Gasteiger partial charge in [0.25, 0.3) is 5.91 Å². The molecule has 0 aliphatic carbocycles. The number of benzene rings is 1. The number of likely N-dealkylation sites (tertiary alicyclic amines) is 1. The summed E-state index contributed by atoms with van der Waals surface area (Å²) in [6, 6.07) is 11.6. The zero-order valence-electron chi connectivity index (χ0n) is 12.0. The largest absolute Gasteiger partial charge is 0.481 e. The molecule has 0 saturated carbocycles. The second kappa shape index (κ2) is 6.32. The number of amides is 1. The first-order valence-electron chi connectivity index (χ1n) is 7.24. The molecule has 1 aromatic heterocycles. The van der Waals surface area contributed by atoms with Crippen LogP contribution in [-0.2, 0) is 4.79 Å². The van der Waals surface area contributed by atoms with E-state index in [4.69, 9.17) is 0 Å². The molecule has 1 amide bonds. The highest BCUT2D eigenvalue weighted by molar-refractivity contribution is 7.08. The van der Waals surface area contributed by atoms with E-state index in [0.29, 0.717) is 18.5 Å². The highest BCUT2D eigenvalue weighted by atomic mass is 32.1. The Balaban J connectivity index is 1.84. The monoisotopic (exact) mass is 315 g/mol. The molecule has 0 spiro atoms. The van der Waals surface area contributed by atoms with Crippen LogP contribution in [0.15, 0.2) is 47.2 Å². The van der Waals surface area contributed by atoms with E-state index >= 15 is 0 Å². The molecule has 2 aromatic rings. The van der Waals surface area contributed by atoms with Gasteiger partial charge in [0.1, 0.15) is 0 Å². The number of rotatable bonds is 3. The molecule has 2 heterocycles. The molecular formula is C17H17NO3S. The van der Waals surface area contributed by atoms with Crippen molar-refractivity contribution < 1.29 is 14.7 Å². The van der Waals surface area contributed by atoms with E-state index in [9.17, 15) is 14.7 Å². The zero-order valence-corrected chi connectivity index (χ0v) is 12.8. The fourth-order valence-corrected chi connectivity index (χ4v) is 3.61. The van der Waals surface area contributed by atoms with Gasteiger partial charge < -0.3 is 10.0 Å². The standard InChI is InChI=1S/C17H17NO3S/c19-16(13-6-7-22-11-13)18-9-14(8-15(10-18)17(20)21)12-4-2-1-3-5-12/h1-7,11,14-15H,8-10H2,(H,20,21)/t14-,15+/m0/s1. The van der Waals surface area contributed by atoms with Crippen LogP contribution in [0, 0.1) is 5.92 Å². The number of nitrogens with zero attached hydrogens (tertiary/aromatic N) is 1. The average molecular weight is 315 g/mol. The molecule has 1 aliphatic heterocycles. The zero-order chi connectivity index (χ0) is 15.5. The Morgan fingerprint density at radius 3 is 2.55 bits per heavy atom. The molecule has 2 atom stereocenters. The summed E-state index contributed by atoms with van der Waals surface area (Å²) < 4.78 is 0. The number of carboxylic acids is 1. The predicted molar refractivity (Wildman–Crippen MR) is 85.1 cm³/mol. The molecule has 0 bridgehead atoms. The van der Waals surface area contributed by atoms with Crippen molar-refractivity contribution in [1.82, 2.24) is 4.90 Å². The normalized spacial score (nSPS) is 21.5. The molecular weight excluding hydrogens is 298 g/mol. The van der Waals surface area contributed by atoms with Gasteiger partial charge in [0.15, 0.2) is 0 Å². The summed E-state index contributed by atoms with van der Waals surface area (Å²) in [4.78, 5) is 25.7. The summed E-state index contributed by atoms with van der Waals surface area (Å²) in [5.74, 6) is -1.35. The summed E-state index contributed by atoms with van der Waals surface area (Å²) in [6.45, 7) is 0.857. The average Bonchev–Trinajstić information content (AvgIpc) is 3.09. The summed E-state index contributed by atoms with van der Waals surface area (Å²) in [5, 5.41) is 13.1. The van der Waals surface area contributed by atoms with Gasteiger partial charge in [0.2, 0.25) is 0 Å². The molecule has 1 fully saturated rings. The third kappa shape index (κ3) is 3.04. The lowest BCUT2D eigenvalue weighted by Crippen LogP contribution is -2.45. The topological polar surface area (TPSA) is 57.6 Å². The minimum absolute atomic E-state index is 0.0682. The van der Waals surface area contributed by atoms with E-state index in [1.165, 1.54) is 11.3 Å². The Labute approximate surface area is 133 Å². The van der Waals surface area contributed by atoms with Gasteiger partial charge in [-0.25, -0.2) is 0 Å². The number of hydrogen-bond acceptors (Lipinski definition) is 3. The molecule has 0 unspecified atom stereocenters. The molecule has 1 N–H and O–H groups in total. The number of hydrogen-bond donors (Lipinski definition) is 1. The van der Waals surface area contributed by atoms with Gasteiger partial charge in [-0.3, -0.25) is 9.59 Å². The Kier molecular flexibility index (Phi) is 4.24. The number of aliphatic carboxylic acids is 1. The van der Waals surface area contributed by atoms with Crippen LogP contribution in [0.25, 0.3) is 0 Å². The van der Waals surface area contributed by atoms with Gasteiger partial charge in [-0.15, -0.1) is 0 Å². The molecule has 4 nitrogen and oxygen atoms in total. The maximum Gasteiger partial charge on any atom is 0.308 e. The summed E-state index contributed by atoms with van der Waals surface area (Å²) in [7, 11) is 0. The highest BCUT2D eigenvalue weighted by Crippen LogP contribution is 2.31. The van der Waals surface area contributed by atoms with Crippen molar-refractivity contribution in [2.24, 2.45) is 5.92 Å². The third-order valence-corrected chi connectivity index (χ3v) is 4.81.